The zero-order chi connectivity index (χ0) is 30.7. The summed E-state index contributed by atoms with van der Waals surface area (Å²) in [6.45, 7) is 22.7. The molecular formula is C38H51N3. The summed E-state index contributed by atoms with van der Waals surface area (Å²) in [6, 6.07) is 0. The van der Waals surface area contributed by atoms with Crippen molar-refractivity contribution in [2.45, 2.75) is 73.1 Å². The number of unbranched alkanes of at least 4 members (excludes halogenated alkanes) is 2. The summed E-state index contributed by atoms with van der Waals surface area (Å²) in [5.41, 5.74) is 6.07. The number of amidine groups is 1. The second-order valence-electron chi connectivity index (χ2n) is 9.21. The molecule has 0 saturated carbocycles. The number of aliphatic imine (C=N–C) groups is 2. The lowest BCUT2D eigenvalue weighted by Crippen LogP contribution is -2.12. The highest BCUT2D eigenvalue weighted by Crippen LogP contribution is 2.17. The predicted octanol–water partition coefficient (Wildman–Crippen LogP) is 10.3. The summed E-state index contributed by atoms with van der Waals surface area (Å²) in [4.78, 5) is 8.94. The maximum atomic E-state index is 5.69. The monoisotopic (exact) mass is 549 g/mol. The average molecular weight is 550 g/mol. The summed E-state index contributed by atoms with van der Waals surface area (Å²) < 4.78 is 0. The van der Waals surface area contributed by atoms with Crippen LogP contribution in [0, 0.1) is 12.3 Å². The Labute approximate surface area is 251 Å². The number of nitrogens with zero attached hydrogens (tertiary/aromatic N) is 2. The van der Waals surface area contributed by atoms with Crippen molar-refractivity contribution >= 4 is 12.6 Å². The summed E-state index contributed by atoms with van der Waals surface area (Å²) in [5.74, 6) is 3.31. The van der Waals surface area contributed by atoms with Crippen molar-refractivity contribution in [3.05, 3.63) is 132 Å². The van der Waals surface area contributed by atoms with Gasteiger partial charge in [-0.25, -0.2) is 4.99 Å². The van der Waals surface area contributed by atoms with E-state index in [0.717, 1.165) is 66.6 Å². The Bertz CT molecular complexity index is 1180. The highest BCUT2D eigenvalue weighted by Gasteiger charge is 2.05. The molecule has 0 fully saturated rings. The normalized spacial score (nSPS) is 14.4. The van der Waals surface area contributed by atoms with Crippen molar-refractivity contribution in [1.29, 1.82) is 0 Å². The van der Waals surface area contributed by atoms with E-state index in [1.54, 1.807) is 6.08 Å². The number of terminal acetylenes is 1. The van der Waals surface area contributed by atoms with Crippen molar-refractivity contribution in [2.75, 3.05) is 6.54 Å². The first-order valence-corrected chi connectivity index (χ1v) is 14.5. The van der Waals surface area contributed by atoms with E-state index in [1.807, 2.05) is 69.4 Å². The lowest BCUT2D eigenvalue weighted by atomic mass is 10.0. The third-order valence-electron chi connectivity index (χ3n) is 5.91. The van der Waals surface area contributed by atoms with Gasteiger partial charge in [0, 0.05) is 23.0 Å². The molecule has 0 aromatic carbocycles. The van der Waals surface area contributed by atoms with E-state index in [-0.39, 0.29) is 0 Å². The molecule has 0 aromatic rings. The zero-order valence-electron chi connectivity index (χ0n) is 26.1. The summed E-state index contributed by atoms with van der Waals surface area (Å²) in [6.07, 6.45) is 39.6. The number of rotatable bonds is 19. The van der Waals surface area contributed by atoms with E-state index in [9.17, 15) is 0 Å². The SMILES string of the molecule is C#C/C=C(\C=C(/CC)C\C=C/C(=C\CCCC)C(/N=C)=N/CC(=C)/C=C\C=C/C)NC(/C=C\C)=C(/C=C)C/C=C\C. The van der Waals surface area contributed by atoms with Crippen LogP contribution in [-0.4, -0.2) is 19.1 Å². The van der Waals surface area contributed by atoms with Crippen LogP contribution in [-0.2, 0) is 0 Å². The minimum Gasteiger partial charge on any atom is -0.355 e. The smallest absolute Gasteiger partial charge is 0.153 e. The quantitative estimate of drug-likeness (QED) is 0.0427. The Morgan fingerprint density at radius 1 is 0.976 bits per heavy atom. The molecule has 0 atom stereocenters. The van der Waals surface area contributed by atoms with E-state index < -0.39 is 0 Å². The fourth-order valence-corrected chi connectivity index (χ4v) is 3.63. The standard InChI is InChI=1S/C38H51N3/c1-10-17-20-25-32(8)31-40-38(39-9)35(28-21-18-11-2)29-22-26-33(15-6)30-36(23-13-4)41-37(24-14-5)34(16-7)27-19-12-3/h4,10,12,14,16-17,19-20,22-25,28-30,41H,7-9,11,15,18,21,26-27,31H2,1-3,5-6H3/b17-10-,19-12-,24-14-,25-20-,29-22-,33-30+,35-28+,36-23+,37-34-,40-38-. The van der Waals surface area contributed by atoms with Gasteiger partial charge in [0.1, 0.15) is 0 Å². The van der Waals surface area contributed by atoms with Crippen molar-refractivity contribution in [3.63, 3.8) is 0 Å². The lowest BCUT2D eigenvalue weighted by Gasteiger charge is -2.13. The Morgan fingerprint density at radius 3 is 2.34 bits per heavy atom. The van der Waals surface area contributed by atoms with Crippen molar-refractivity contribution in [2.24, 2.45) is 9.98 Å². The van der Waals surface area contributed by atoms with Crippen LogP contribution >= 0.6 is 0 Å². The van der Waals surface area contributed by atoms with Gasteiger partial charge in [-0.3, -0.25) is 4.99 Å². The van der Waals surface area contributed by atoms with Gasteiger partial charge in [0.05, 0.1) is 6.54 Å². The average Bonchev–Trinajstić information content (AvgIpc) is 2.97. The third kappa shape index (κ3) is 17.2. The molecule has 218 valence electrons. The van der Waals surface area contributed by atoms with Gasteiger partial charge in [-0.15, -0.1) is 6.42 Å². The van der Waals surface area contributed by atoms with Gasteiger partial charge in [0.25, 0.3) is 0 Å². The number of hydrogen-bond acceptors (Lipinski definition) is 2. The number of allylic oxidation sites excluding steroid dienone is 14. The molecule has 3 heteroatoms. The fraction of sp³-hybridized carbons (Fsp3) is 0.316. The number of hydrogen-bond donors (Lipinski definition) is 1. The second-order valence-corrected chi connectivity index (χ2v) is 9.21. The Balaban J connectivity index is 6.10. The fourth-order valence-electron chi connectivity index (χ4n) is 3.63. The molecule has 0 heterocycles. The van der Waals surface area contributed by atoms with Crippen LogP contribution in [0.25, 0.3) is 0 Å². The largest absolute Gasteiger partial charge is 0.355 e. The summed E-state index contributed by atoms with van der Waals surface area (Å²) >= 11 is 0. The van der Waals surface area contributed by atoms with Crippen LogP contribution in [0.5, 0.6) is 0 Å². The lowest BCUT2D eigenvalue weighted by molar-refractivity contribution is 0.813. The molecular weight excluding hydrogens is 498 g/mol. The number of nitrogens with one attached hydrogen (secondary N) is 1. The molecule has 0 aliphatic heterocycles. The van der Waals surface area contributed by atoms with Gasteiger partial charge >= 0.3 is 0 Å². The predicted molar refractivity (Wildman–Crippen MR) is 186 cm³/mol. The van der Waals surface area contributed by atoms with Crippen LogP contribution in [0.3, 0.4) is 0 Å². The first-order chi connectivity index (χ1) is 19.9. The highest BCUT2D eigenvalue weighted by molar-refractivity contribution is 6.03. The van der Waals surface area contributed by atoms with Crippen LogP contribution in [0.1, 0.15) is 73.1 Å². The third-order valence-corrected chi connectivity index (χ3v) is 5.91. The van der Waals surface area contributed by atoms with E-state index in [4.69, 9.17) is 11.4 Å². The van der Waals surface area contributed by atoms with Gasteiger partial charge in [-0.1, -0.05) is 118 Å². The molecule has 41 heavy (non-hydrogen) atoms. The minimum absolute atomic E-state index is 0.468. The van der Waals surface area contributed by atoms with E-state index in [2.05, 4.69) is 80.3 Å². The first kappa shape index (κ1) is 36.8. The van der Waals surface area contributed by atoms with E-state index in [1.165, 1.54) is 5.57 Å². The molecule has 0 radical (unpaired) electrons. The Morgan fingerprint density at radius 2 is 1.76 bits per heavy atom. The van der Waals surface area contributed by atoms with E-state index in [0.29, 0.717) is 12.4 Å². The minimum atomic E-state index is 0.468. The maximum absolute atomic E-state index is 5.69. The van der Waals surface area contributed by atoms with Crippen LogP contribution in [0.4, 0.5) is 0 Å². The van der Waals surface area contributed by atoms with Gasteiger partial charge in [0.2, 0.25) is 0 Å². The molecule has 0 aliphatic carbocycles. The van der Waals surface area contributed by atoms with Gasteiger partial charge in [-0.05, 0) is 76.5 Å². The molecule has 0 spiro atoms. The molecule has 0 bridgehead atoms. The second kappa shape index (κ2) is 24.9. The highest BCUT2D eigenvalue weighted by atomic mass is 14.9. The van der Waals surface area contributed by atoms with Crippen LogP contribution in [0.2, 0.25) is 0 Å². The summed E-state index contributed by atoms with van der Waals surface area (Å²) in [7, 11) is 0. The molecule has 0 aliphatic rings. The summed E-state index contributed by atoms with van der Waals surface area (Å²) in [5, 5.41) is 3.52. The van der Waals surface area contributed by atoms with Crippen molar-refractivity contribution in [3.8, 4) is 12.3 Å². The molecule has 3 nitrogen and oxygen atoms in total. The van der Waals surface area contributed by atoms with Crippen molar-refractivity contribution in [1.82, 2.24) is 5.32 Å². The first-order valence-electron chi connectivity index (χ1n) is 14.5. The van der Waals surface area contributed by atoms with Crippen LogP contribution < -0.4 is 5.32 Å². The molecule has 0 saturated heterocycles. The Kier molecular flexibility index (Phi) is 22.3. The van der Waals surface area contributed by atoms with Crippen LogP contribution in [0.15, 0.2) is 142 Å². The molecule has 1 N–H and O–H groups in total. The maximum Gasteiger partial charge on any atom is 0.153 e. The van der Waals surface area contributed by atoms with Crippen molar-refractivity contribution < 1.29 is 0 Å². The molecule has 0 amide bonds. The zero-order valence-corrected chi connectivity index (χ0v) is 26.1. The molecule has 0 rings (SSSR count). The van der Waals surface area contributed by atoms with Gasteiger partial charge in [0.15, 0.2) is 5.84 Å². The van der Waals surface area contributed by atoms with Gasteiger partial charge < -0.3 is 5.32 Å². The van der Waals surface area contributed by atoms with Gasteiger partial charge in [-0.2, -0.15) is 0 Å². The topological polar surface area (TPSA) is 36.8 Å². The Hall–Kier alpha value is -4.16. The molecule has 0 aromatic heterocycles. The van der Waals surface area contributed by atoms with E-state index >= 15 is 0 Å². The molecule has 0 unspecified atom stereocenters.